The summed E-state index contributed by atoms with van der Waals surface area (Å²) in [6, 6.07) is 8.20. The molecule has 1 unspecified atom stereocenters. The van der Waals surface area contributed by atoms with Crippen LogP contribution in [0.4, 0.5) is 5.69 Å². The molecule has 2 heterocycles. The number of carboxylic acids is 1. The molecule has 0 radical (unpaired) electrons. The minimum atomic E-state index is -2.47. The monoisotopic (exact) mass is 410 g/mol. The van der Waals surface area contributed by atoms with Gasteiger partial charge in [0, 0.05) is 10.6 Å². The van der Waals surface area contributed by atoms with Crippen LogP contribution in [0.5, 0.6) is 0 Å². The predicted octanol–water partition coefficient (Wildman–Crippen LogP) is 1.55. The van der Waals surface area contributed by atoms with Crippen LogP contribution in [0.15, 0.2) is 35.7 Å². The molecular formula is C16H14N2O7S2. The maximum atomic E-state index is 12.4. The molecule has 0 spiro atoms. The van der Waals surface area contributed by atoms with Crippen molar-refractivity contribution in [2.24, 2.45) is 0 Å². The van der Waals surface area contributed by atoms with E-state index in [-0.39, 0.29) is 17.9 Å². The van der Waals surface area contributed by atoms with Gasteiger partial charge in [-0.2, -0.15) is 4.21 Å². The Kier molecular flexibility index (Phi) is 5.65. The third-order valence-corrected chi connectivity index (χ3v) is 5.02. The molecule has 1 aromatic carbocycles. The first-order valence-electron chi connectivity index (χ1n) is 7.60. The topological polar surface area (TPSA) is 124 Å². The molecule has 1 aliphatic heterocycles. The SMILES string of the molecule is O=C(O)CN1C(=O)c2ccc(N(COS(=O)O)Cc3cccs3)cc2C1=O. The zero-order valence-electron chi connectivity index (χ0n) is 13.7. The van der Waals surface area contributed by atoms with E-state index in [0.29, 0.717) is 17.1 Å². The molecule has 11 heteroatoms. The molecule has 3 rings (SSSR count). The smallest absolute Gasteiger partial charge is 0.323 e. The van der Waals surface area contributed by atoms with Crippen LogP contribution in [0, 0.1) is 0 Å². The third-order valence-electron chi connectivity index (χ3n) is 3.85. The average Bonchev–Trinajstić information content (AvgIpc) is 3.21. The number of hydrogen-bond acceptors (Lipinski definition) is 7. The number of carbonyl (C=O) groups excluding carboxylic acids is 2. The summed E-state index contributed by atoms with van der Waals surface area (Å²) in [6.07, 6.45) is 0. The fourth-order valence-electron chi connectivity index (χ4n) is 2.67. The summed E-state index contributed by atoms with van der Waals surface area (Å²) in [5, 5.41) is 10.8. The van der Waals surface area contributed by atoms with Crippen LogP contribution in [0.25, 0.3) is 0 Å². The van der Waals surface area contributed by atoms with E-state index in [4.69, 9.17) is 13.8 Å². The number of aliphatic carboxylic acids is 1. The summed E-state index contributed by atoms with van der Waals surface area (Å²) >= 11 is -0.982. The second-order valence-corrected chi connectivity index (χ2v) is 7.26. The van der Waals surface area contributed by atoms with Crippen molar-refractivity contribution in [1.82, 2.24) is 4.90 Å². The predicted molar refractivity (Wildman–Crippen MR) is 96.7 cm³/mol. The maximum Gasteiger partial charge on any atom is 0.323 e. The van der Waals surface area contributed by atoms with Gasteiger partial charge in [0.1, 0.15) is 13.3 Å². The van der Waals surface area contributed by atoms with Crippen LogP contribution in [0.1, 0.15) is 25.6 Å². The van der Waals surface area contributed by atoms with Gasteiger partial charge < -0.3 is 10.0 Å². The normalized spacial score (nSPS) is 14.3. The van der Waals surface area contributed by atoms with Gasteiger partial charge in [-0.25, -0.2) is 4.18 Å². The first-order chi connectivity index (χ1) is 12.9. The lowest BCUT2D eigenvalue weighted by Gasteiger charge is -2.23. The number of benzene rings is 1. The maximum absolute atomic E-state index is 12.4. The fourth-order valence-corrected chi connectivity index (χ4v) is 3.60. The molecule has 2 amide bonds. The number of fused-ring (bicyclic) bond motifs is 1. The summed E-state index contributed by atoms with van der Waals surface area (Å²) in [5.41, 5.74) is 0.693. The molecule has 1 aliphatic rings. The minimum absolute atomic E-state index is 0.0834. The highest BCUT2D eigenvalue weighted by molar-refractivity contribution is 7.74. The second kappa shape index (κ2) is 7.96. The van der Waals surface area contributed by atoms with Crippen LogP contribution < -0.4 is 4.90 Å². The molecule has 2 N–H and O–H groups in total. The summed E-state index contributed by atoms with van der Waals surface area (Å²) in [4.78, 5) is 38.8. The fraction of sp³-hybridized carbons (Fsp3) is 0.188. The number of imide groups is 1. The molecule has 0 fully saturated rings. The molecule has 2 aromatic rings. The largest absolute Gasteiger partial charge is 0.480 e. The molecule has 0 saturated heterocycles. The minimum Gasteiger partial charge on any atom is -0.480 e. The lowest BCUT2D eigenvalue weighted by atomic mass is 10.1. The highest BCUT2D eigenvalue weighted by Gasteiger charge is 2.37. The van der Waals surface area contributed by atoms with Crippen LogP contribution >= 0.6 is 11.3 Å². The molecule has 0 aliphatic carbocycles. The molecule has 1 atom stereocenters. The lowest BCUT2D eigenvalue weighted by molar-refractivity contribution is -0.137. The Morgan fingerprint density at radius 3 is 2.59 bits per heavy atom. The van der Waals surface area contributed by atoms with Crippen LogP contribution in [-0.2, 0) is 26.9 Å². The summed E-state index contributed by atoms with van der Waals surface area (Å²) in [5.74, 6) is -2.65. The van der Waals surface area contributed by atoms with Gasteiger partial charge in [0.25, 0.3) is 11.8 Å². The van der Waals surface area contributed by atoms with Crippen LogP contribution in [0.3, 0.4) is 0 Å². The zero-order chi connectivity index (χ0) is 19.6. The van der Waals surface area contributed by atoms with Crippen molar-refractivity contribution in [3.63, 3.8) is 0 Å². The van der Waals surface area contributed by atoms with Gasteiger partial charge in [0.05, 0.1) is 17.7 Å². The average molecular weight is 410 g/mol. The number of rotatable bonds is 8. The third kappa shape index (κ3) is 4.22. The van der Waals surface area contributed by atoms with E-state index in [1.54, 1.807) is 11.0 Å². The highest BCUT2D eigenvalue weighted by Crippen LogP contribution is 2.28. The second-order valence-electron chi connectivity index (χ2n) is 5.56. The summed E-state index contributed by atoms with van der Waals surface area (Å²) in [6.45, 7) is -0.581. The Bertz CT molecular complexity index is 913. The van der Waals surface area contributed by atoms with Crippen molar-refractivity contribution in [3.8, 4) is 0 Å². The van der Waals surface area contributed by atoms with E-state index >= 15 is 0 Å². The van der Waals surface area contributed by atoms with Crippen LogP contribution in [-0.4, -0.2) is 49.8 Å². The highest BCUT2D eigenvalue weighted by atomic mass is 32.2. The van der Waals surface area contributed by atoms with Gasteiger partial charge in [-0.3, -0.25) is 23.8 Å². The molecule has 0 bridgehead atoms. The van der Waals surface area contributed by atoms with Crippen molar-refractivity contribution >= 4 is 46.2 Å². The van der Waals surface area contributed by atoms with Gasteiger partial charge in [-0.05, 0) is 29.6 Å². The zero-order valence-corrected chi connectivity index (χ0v) is 15.4. The Labute approximate surface area is 160 Å². The van der Waals surface area contributed by atoms with Gasteiger partial charge in [0.15, 0.2) is 0 Å². The summed E-state index contributed by atoms with van der Waals surface area (Å²) in [7, 11) is 0. The standard InChI is InChI=1S/C16H14N2O7S2/c19-14(20)8-18-15(21)12-4-3-10(6-13(12)16(18)22)17(9-25-27(23)24)7-11-2-1-5-26-11/h1-6H,7-9H2,(H,19,20)(H,23,24). The van der Waals surface area contributed by atoms with E-state index in [2.05, 4.69) is 0 Å². The first-order valence-corrected chi connectivity index (χ1v) is 9.51. The Balaban J connectivity index is 1.90. The number of carboxylic acid groups (broad SMARTS) is 1. The number of nitrogens with zero attached hydrogens (tertiary/aromatic N) is 2. The van der Waals surface area contributed by atoms with Gasteiger partial charge in [-0.15, -0.1) is 11.3 Å². The Hall–Kier alpha value is -2.60. The molecule has 0 saturated carbocycles. The van der Waals surface area contributed by atoms with Gasteiger partial charge in [-0.1, -0.05) is 6.07 Å². The molecule has 1 aromatic heterocycles. The van der Waals surface area contributed by atoms with E-state index in [9.17, 15) is 18.6 Å². The van der Waals surface area contributed by atoms with Crippen molar-refractivity contribution in [2.75, 3.05) is 18.2 Å². The number of anilines is 1. The first kappa shape index (κ1) is 19.2. The van der Waals surface area contributed by atoms with Crippen LogP contribution in [0.2, 0.25) is 0 Å². The van der Waals surface area contributed by atoms with Crippen molar-refractivity contribution in [3.05, 3.63) is 51.7 Å². The van der Waals surface area contributed by atoms with Gasteiger partial charge >= 0.3 is 17.3 Å². The number of thiophene rings is 1. The quantitative estimate of drug-likeness (QED) is 0.382. The Morgan fingerprint density at radius 2 is 1.96 bits per heavy atom. The van der Waals surface area contributed by atoms with E-state index in [0.717, 1.165) is 4.88 Å². The van der Waals surface area contributed by atoms with Crippen molar-refractivity contribution in [1.29, 1.82) is 0 Å². The molecular weight excluding hydrogens is 396 g/mol. The van der Waals surface area contributed by atoms with E-state index in [1.165, 1.54) is 23.5 Å². The Morgan fingerprint density at radius 1 is 1.22 bits per heavy atom. The lowest BCUT2D eigenvalue weighted by Crippen LogP contribution is -2.34. The molecule has 9 nitrogen and oxygen atoms in total. The molecule has 27 heavy (non-hydrogen) atoms. The van der Waals surface area contributed by atoms with E-state index < -0.39 is 35.7 Å². The van der Waals surface area contributed by atoms with Gasteiger partial charge in [0.2, 0.25) is 0 Å². The summed E-state index contributed by atoms with van der Waals surface area (Å²) < 4.78 is 24.5. The number of hydrogen-bond donors (Lipinski definition) is 2. The van der Waals surface area contributed by atoms with Crippen molar-refractivity contribution < 1.29 is 32.4 Å². The number of amides is 2. The van der Waals surface area contributed by atoms with Crippen molar-refractivity contribution in [2.45, 2.75) is 6.54 Å². The number of carbonyl (C=O) groups is 3. The molecule has 142 valence electrons. The van der Waals surface area contributed by atoms with E-state index in [1.807, 2.05) is 17.5 Å².